The minimum Gasteiger partial charge on any atom is -0.0654 e. The highest BCUT2D eigenvalue weighted by molar-refractivity contribution is 4.56. The lowest BCUT2D eigenvalue weighted by Crippen LogP contribution is -1.95. The van der Waals surface area contributed by atoms with Gasteiger partial charge in [0.05, 0.1) is 0 Å². The van der Waals surface area contributed by atoms with Crippen LogP contribution in [0.25, 0.3) is 0 Å². The molecule has 176 valence electrons. The summed E-state index contributed by atoms with van der Waals surface area (Å²) < 4.78 is 0. The Bertz CT molecular complexity index is 269. The van der Waals surface area contributed by atoms with Crippen molar-refractivity contribution in [2.45, 2.75) is 181 Å². The molecular formula is C29H60. The summed E-state index contributed by atoms with van der Waals surface area (Å²) in [7, 11) is 0. The fourth-order valence-electron chi connectivity index (χ4n) is 4.64. The van der Waals surface area contributed by atoms with Crippen molar-refractivity contribution in [1.29, 1.82) is 0 Å². The summed E-state index contributed by atoms with van der Waals surface area (Å²) in [4.78, 5) is 0. The fraction of sp³-hybridized carbons (Fsp3) is 1.00. The summed E-state index contributed by atoms with van der Waals surface area (Å²) in [5.41, 5.74) is 0. The van der Waals surface area contributed by atoms with Gasteiger partial charge in [0.15, 0.2) is 0 Å². The van der Waals surface area contributed by atoms with E-state index in [0.717, 1.165) is 5.92 Å². The molecule has 1 atom stereocenters. The third kappa shape index (κ3) is 26.0. The lowest BCUT2D eigenvalue weighted by Gasteiger charge is -2.10. The van der Waals surface area contributed by atoms with Crippen LogP contribution in [0.15, 0.2) is 0 Å². The molecule has 0 aliphatic carbocycles. The van der Waals surface area contributed by atoms with Crippen molar-refractivity contribution >= 4 is 0 Å². The summed E-state index contributed by atoms with van der Waals surface area (Å²) >= 11 is 0. The van der Waals surface area contributed by atoms with Crippen LogP contribution in [0.5, 0.6) is 0 Å². The lowest BCUT2D eigenvalue weighted by molar-refractivity contribution is 0.433. The Morgan fingerprint density at radius 3 is 0.793 bits per heavy atom. The maximum atomic E-state index is 2.47. The van der Waals surface area contributed by atoms with E-state index in [9.17, 15) is 0 Å². The third-order valence-electron chi connectivity index (χ3n) is 6.85. The molecule has 0 N–H and O–H groups in total. The first-order valence-electron chi connectivity index (χ1n) is 14.3. The van der Waals surface area contributed by atoms with Gasteiger partial charge in [0, 0.05) is 0 Å². The van der Waals surface area contributed by atoms with Crippen LogP contribution in [0.2, 0.25) is 0 Å². The van der Waals surface area contributed by atoms with Gasteiger partial charge in [-0.2, -0.15) is 0 Å². The topological polar surface area (TPSA) is 0 Å². The average molecular weight is 409 g/mol. The zero-order valence-electron chi connectivity index (χ0n) is 21.3. The first-order valence-corrected chi connectivity index (χ1v) is 14.3. The second kappa shape index (κ2) is 26.0. The Hall–Kier alpha value is 0. The van der Waals surface area contributed by atoms with Crippen LogP contribution in [0.4, 0.5) is 0 Å². The third-order valence-corrected chi connectivity index (χ3v) is 6.85. The fourth-order valence-corrected chi connectivity index (χ4v) is 4.64. The summed E-state index contributed by atoms with van der Waals surface area (Å²) in [5, 5.41) is 0. The molecule has 0 fully saturated rings. The van der Waals surface area contributed by atoms with Crippen LogP contribution in [0.3, 0.4) is 0 Å². The standard InChI is InChI=1S/C29H60/c1-4-6-8-10-11-12-13-14-15-16-17-18-19-20-21-22-23-24-26-28-29(3)27-25-9-7-5-2/h29H,4-28H2,1-3H3. The van der Waals surface area contributed by atoms with E-state index in [-0.39, 0.29) is 0 Å². The zero-order chi connectivity index (χ0) is 21.3. The molecule has 0 nitrogen and oxygen atoms in total. The van der Waals surface area contributed by atoms with Crippen LogP contribution < -0.4 is 0 Å². The average Bonchev–Trinajstić information content (AvgIpc) is 2.73. The predicted molar refractivity (Wildman–Crippen MR) is 136 cm³/mol. The van der Waals surface area contributed by atoms with Gasteiger partial charge < -0.3 is 0 Å². The zero-order valence-corrected chi connectivity index (χ0v) is 21.3. The molecule has 0 heterocycles. The van der Waals surface area contributed by atoms with Gasteiger partial charge in [0.1, 0.15) is 0 Å². The Labute approximate surface area is 187 Å². The first kappa shape index (κ1) is 29.0. The van der Waals surface area contributed by atoms with Crippen LogP contribution in [0, 0.1) is 5.92 Å². The van der Waals surface area contributed by atoms with E-state index in [1.807, 2.05) is 0 Å². The van der Waals surface area contributed by atoms with E-state index >= 15 is 0 Å². The largest absolute Gasteiger partial charge is 0.0654 e. The van der Waals surface area contributed by atoms with E-state index in [2.05, 4.69) is 20.8 Å². The molecule has 0 aliphatic heterocycles. The monoisotopic (exact) mass is 408 g/mol. The second-order valence-corrected chi connectivity index (χ2v) is 10.1. The molecule has 0 aromatic heterocycles. The van der Waals surface area contributed by atoms with Crippen LogP contribution in [-0.2, 0) is 0 Å². The Morgan fingerprint density at radius 1 is 0.310 bits per heavy atom. The number of hydrogen-bond donors (Lipinski definition) is 0. The van der Waals surface area contributed by atoms with Crippen molar-refractivity contribution in [3.8, 4) is 0 Å². The lowest BCUT2D eigenvalue weighted by atomic mass is 9.96. The maximum absolute atomic E-state index is 2.47. The van der Waals surface area contributed by atoms with Gasteiger partial charge >= 0.3 is 0 Å². The van der Waals surface area contributed by atoms with E-state index in [4.69, 9.17) is 0 Å². The minimum atomic E-state index is 0.970. The van der Waals surface area contributed by atoms with E-state index in [1.54, 1.807) is 0 Å². The molecule has 0 amide bonds. The van der Waals surface area contributed by atoms with Gasteiger partial charge in [-0.15, -0.1) is 0 Å². The molecule has 0 heteroatoms. The molecule has 0 aromatic carbocycles. The number of unbranched alkanes of at least 4 members (excludes halogenated alkanes) is 21. The van der Waals surface area contributed by atoms with Crippen molar-refractivity contribution in [3.63, 3.8) is 0 Å². The highest BCUT2D eigenvalue weighted by Gasteiger charge is 2.02. The van der Waals surface area contributed by atoms with Gasteiger partial charge in [-0.05, 0) is 5.92 Å². The Balaban J connectivity index is 3.06. The minimum absolute atomic E-state index is 0.970. The Morgan fingerprint density at radius 2 is 0.517 bits per heavy atom. The van der Waals surface area contributed by atoms with E-state index in [1.165, 1.54) is 161 Å². The molecule has 0 spiro atoms. The highest BCUT2D eigenvalue weighted by Crippen LogP contribution is 2.18. The van der Waals surface area contributed by atoms with Crippen LogP contribution in [-0.4, -0.2) is 0 Å². The van der Waals surface area contributed by atoms with Gasteiger partial charge in [-0.3, -0.25) is 0 Å². The summed E-state index contributed by atoms with van der Waals surface area (Å²) in [6.45, 7) is 7.09. The quantitative estimate of drug-likeness (QED) is 0.132. The van der Waals surface area contributed by atoms with E-state index in [0.29, 0.717) is 0 Å². The smallest absolute Gasteiger partial charge is 0.0443 e. The van der Waals surface area contributed by atoms with Crippen molar-refractivity contribution in [2.75, 3.05) is 0 Å². The first-order chi connectivity index (χ1) is 14.3. The van der Waals surface area contributed by atoms with E-state index < -0.39 is 0 Å². The molecular weight excluding hydrogens is 348 g/mol. The van der Waals surface area contributed by atoms with Crippen molar-refractivity contribution in [1.82, 2.24) is 0 Å². The van der Waals surface area contributed by atoms with Gasteiger partial charge in [-0.1, -0.05) is 181 Å². The van der Waals surface area contributed by atoms with Crippen molar-refractivity contribution in [2.24, 2.45) is 5.92 Å². The molecule has 0 aromatic rings. The summed E-state index contributed by atoms with van der Waals surface area (Å²) in [5.74, 6) is 0.970. The SMILES string of the molecule is CCCCCCCCCCCCCCCCCCCCCC(C)CCCCCC. The Kier molecular flexibility index (Phi) is 26.0. The molecule has 0 saturated carbocycles. The second-order valence-electron chi connectivity index (χ2n) is 10.1. The van der Waals surface area contributed by atoms with Gasteiger partial charge in [0.25, 0.3) is 0 Å². The van der Waals surface area contributed by atoms with Gasteiger partial charge in [0.2, 0.25) is 0 Å². The molecule has 29 heavy (non-hydrogen) atoms. The maximum Gasteiger partial charge on any atom is -0.0443 e. The van der Waals surface area contributed by atoms with Crippen LogP contribution in [0.1, 0.15) is 181 Å². The molecule has 0 bridgehead atoms. The predicted octanol–water partition coefficient (Wildman–Crippen LogP) is 11.4. The molecule has 0 aliphatic rings. The van der Waals surface area contributed by atoms with Crippen LogP contribution >= 0.6 is 0 Å². The van der Waals surface area contributed by atoms with Crippen molar-refractivity contribution in [3.05, 3.63) is 0 Å². The molecule has 1 unspecified atom stereocenters. The number of hydrogen-bond acceptors (Lipinski definition) is 0. The summed E-state index contributed by atoms with van der Waals surface area (Å²) in [6, 6.07) is 0. The molecule has 0 rings (SSSR count). The van der Waals surface area contributed by atoms with Gasteiger partial charge in [-0.25, -0.2) is 0 Å². The summed E-state index contributed by atoms with van der Waals surface area (Å²) in [6.07, 6.45) is 36.8. The molecule has 0 radical (unpaired) electrons. The van der Waals surface area contributed by atoms with Crippen molar-refractivity contribution < 1.29 is 0 Å². The highest BCUT2D eigenvalue weighted by atomic mass is 14.1. The normalized spacial score (nSPS) is 12.5. The number of rotatable bonds is 25. The molecule has 0 saturated heterocycles.